The van der Waals surface area contributed by atoms with Crippen LogP contribution in [0.4, 0.5) is 8.78 Å². The molecule has 3 nitrogen and oxygen atoms in total. The Kier molecular flexibility index (Phi) is 6.36. The largest absolute Gasteiger partial charge is 0.352 e. The summed E-state index contributed by atoms with van der Waals surface area (Å²) in [5, 5.41) is 6.03. The van der Waals surface area contributed by atoms with E-state index in [1.165, 1.54) is 6.07 Å². The van der Waals surface area contributed by atoms with Crippen LogP contribution in [0.3, 0.4) is 0 Å². The topological polar surface area (TPSA) is 41.1 Å². The molecule has 1 saturated heterocycles. The van der Waals surface area contributed by atoms with E-state index in [4.69, 9.17) is 0 Å². The highest BCUT2D eigenvalue weighted by Gasteiger charge is 2.23. The van der Waals surface area contributed by atoms with Crippen LogP contribution in [0.5, 0.6) is 0 Å². The molecule has 0 aromatic heterocycles. The highest BCUT2D eigenvalue weighted by atomic mass is 35.5. The predicted octanol–water partition coefficient (Wildman–Crippen LogP) is 2.04. The number of nitrogens with one attached hydrogen (secondary N) is 2. The van der Waals surface area contributed by atoms with Crippen LogP contribution in [-0.4, -0.2) is 25.0 Å². The first-order chi connectivity index (χ1) is 9.08. The van der Waals surface area contributed by atoms with Crippen LogP contribution in [0.25, 0.3) is 0 Å². The summed E-state index contributed by atoms with van der Waals surface area (Å²) in [4.78, 5) is 11.9. The van der Waals surface area contributed by atoms with Gasteiger partial charge >= 0.3 is 0 Å². The van der Waals surface area contributed by atoms with E-state index in [0.717, 1.165) is 25.1 Å². The van der Waals surface area contributed by atoms with Crippen molar-refractivity contribution in [1.82, 2.24) is 10.6 Å². The molecule has 0 radical (unpaired) electrons. The number of rotatable bonds is 3. The summed E-state index contributed by atoms with van der Waals surface area (Å²) in [5.41, 5.74) is -0.170. The van der Waals surface area contributed by atoms with Crippen LogP contribution in [0, 0.1) is 17.6 Å². The number of amides is 1. The molecule has 1 aromatic rings. The van der Waals surface area contributed by atoms with Crippen molar-refractivity contribution in [2.75, 3.05) is 13.1 Å². The Balaban J connectivity index is 0.00000200. The summed E-state index contributed by atoms with van der Waals surface area (Å²) < 4.78 is 26.9. The first-order valence-electron chi connectivity index (χ1n) is 6.51. The molecule has 0 saturated carbocycles. The summed E-state index contributed by atoms with van der Waals surface area (Å²) in [5.74, 6) is -1.32. The summed E-state index contributed by atoms with van der Waals surface area (Å²) in [6.07, 6.45) is 0.723. The van der Waals surface area contributed by atoms with Crippen molar-refractivity contribution in [2.45, 2.75) is 25.8 Å². The molecule has 0 spiro atoms. The molecule has 112 valence electrons. The first-order valence-corrected chi connectivity index (χ1v) is 6.51. The highest BCUT2D eigenvalue weighted by molar-refractivity contribution is 5.85. The number of benzene rings is 1. The third-order valence-corrected chi connectivity index (χ3v) is 3.57. The SMILES string of the molecule is CC1CCNCC1NC(=O)Cc1c(F)cccc1F.Cl. The van der Waals surface area contributed by atoms with Gasteiger partial charge in [0.25, 0.3) is 0 Å². The average Bonchev–Trinajstić information content (AvgIpc) is 2.37. The number of carbonyl (C=O) groups excluding carboxylic acids is 1. The normalized spacial score (nSPS) is 21.9. The lowest BCUT2D eigenvalue weighted by Gasteiger charge is -2.30. The van der Waals surface area contributed by atoms with Gasteiger partial charge in [-0.3, -0.25) is 4.79 Å². The Bertz CT molecular complexity index is 450. The molecule has 2 N–H and O–H groups in total. The molecule has 6 heteroatoms. The van der Waals surface area contributed by atoms with E-state index in [2.05, 4.69) is 17.6 Å². The van der Waals surface area contributed by atoms with Gasteiger partial charge in [-0.1, -0.05) is 13.0 Å². The third-order valence-electron chi connectivity index (χ3n) is 3.57. The molecule has 1 heterocycles. The molecule has 1 amide bonds. The number of halogens is 3. The Morgan fingerprint density at radius 2 is 2.05 bits per heavy atom. The van der Waals surface area contributed by atoms with Crippen LogP contribution in [-0.2, 0) is 11.2 Å². The lowest BCUT2D eigenvalue weighted by Crippen LogP contribution is -2.50. The second kappa shape index (κ2) is 7.55. The van der Waals surface area contributed by atoms with Crippen molar-refractivity contribution in [2.24, 2.45) is 5.92 Å². The van der Waals surface area contributed by atoms with Gasteiger partial charge in [-0.05, 0) is 31.0 Å². The van der Waals surface area contributed by atoms with Crippen LogP contribution in [0.1, 0.15) is 18.9 Å². The molecule has 2 rings (SSSR count). The number of hydrogen-bond donors (Lipinski definition) is 2. The zero-order valence-electron chi connectivity index (χ0n) is 11.3. The quantitative estimate of drug-likeness (QED) is 0.897. The fraction of sp³-hybridized carbons (Fsp3) is 0.500. The van der Waals surface area contributed by atoms with Crippen LogP contribution < -0.4 is 10.6 Å². The van der Waals surface area contributed by atoms with E-state index in [1.54, 1.807) is 0 Å². The molecule has 0 bridgehead atoms. The lowest BCUT2D eigenvalue weighted by molar-refractivity contribution is -0.121. The van der Waals surface area contributed by atoms with Gasteiger partial charge in [0.15, 0.2) is 0 Å². The maximum absolute atomic E-state index is 13.4. The van der Waals surface area contributed by atoms with E-state index in [1.807, 2.05) is 0 Å². The molecular weight excluding hydrogens is 286 g/mol. The average molecular weight is 305 g/mol. The van der Waals surface area contributed by atoms with Gasteiger partial charge in [0.05, 0.1) is 6.42 Å². The van der Waals surface area contributed by atoms with Crippen LogP contribution in [0.15, 0.2) is 18.2 Å². The van der Waals surface area contributed by atoms with Crippen molar-refractivity contribution in [3.63, 3.8) is 0 Å². The molecular formula is C14H19ClF2N2O. The molecule has 1 aliphatic rings. The van der Waals surface area contributed by atoms with E-state index in [0.29, 0.717) is 12.5 Å². The molecule has 1 aromatic carbocycles. The van der Waals surface area contributed by atoms with E-state index < -0.39 is 11.6 Å². The van der Waals surface area contributed by atoms with Crippen molar-refractivity contribution in [3.05, 3.63) is 35.4 Å². The molecule has 0 aliphatic carbocycles. The minimum atomic E-state index is -0.676. The predicted molar refractivity (Wildman–Crippen MR) is 75.9 cm³/mol. The second-order valence-electron chi connectivity index (χ2n) is 5.02. The summed E-state index contributed by atoms with van der Waals surface area (Å²) in [7, 11) is 0. The molecule has 2 atom stereocenters. The Hall–Kier alpha value is -1.20. The maximum atomic E-state index is 13.4. The van der Waals surface area contributed by atoms with E-state index in [-0.39, 0.29) is 36.3 Å². The van der Waals surface area contributed by atoms with E-state index >= 15 is 0 Å². The maximum Gasteiger partial charge on any atom is 0.224 e. The second-order valence-corrected chi connectivity index (χ2v) is 5.02. The van der Waals surface area contributed by atoms with Crippen LogP contribution >= 0.6 is 12.4 Å². The Labute approximate surface area is 123 Å². The summed E-state index contributed by atoms with van der Waals surface area (Å²) in [6, 6.07) is 3.64. The van der Waals surface area contributed by atoms with Crippen molar-refractivity contribution >= 4 is 18.3 Å². The van der Waals surface area contributed by atoms with Gasteiger partial charge in [0, 0.05) is 18.2 Å². The fourth-order valence-electron chi connectivity index (χ4n) is 2.30. The van der Waals surface area contributed by atoms with Crippen LogP contribution in [0.2, 0.25) is 0 Å². The Morgan fingerprint density at radius 3 is 2.65 bits per heavy atom. The minimum absolute atomic E-state index is 0. The monoisotopic (exact) mass is 304 g/mol. The first kappa shape index (κ1) is 16.9. The summed E-state index contributed by atoms with van der Waals surface area (Å²) >= 11 is 0. The summed E-state index contributed by atoms with van der Waals surface area (Å²) in [6.45, 7) is 3.71. The smallest absolute Gasteiger partial charge is 0.224 e. The van der Waals surface area contributed by atoms with Gasteiger partial charge in [-0.2, -0.15) is 0 Å². The Morgan fingerprint density at radius 1 is 1.40 bits per heavy atom. The fourth-order valence-corrected chi connectivity index (χ4v) is 2.30. The van der Waals surface area contributed by atoms with Gasteiger partial charge < -0.3 is 10.6 Å². The van der Waals surface area contributed by atoms with Gasteiger partial charge in [0.1, 0.15) is 11.6 Å². The van der Waals surface area contributed by atoms with Crippen molar-refractivity contribution in [3.8, 4) is 0 Å². The number of piperidine rings is 1. The van der Waals surface area contributed by atoms with Gasteiger partial charge in [-0.15, -0.1) is 12.4 Å². The zero-order valence-corrected chi connectivity index (χ0v) is 12.1. The lowest BCUT2D eigenvalue weighted by atomic mass is 9.94. The van der Waals surface area contributed by atoms with Gasteiger partial charge in [-0.25, -0.2) is 8.78 Å². The van der Waals surface area contributed by atoms with Gasteiger partial charge in [0.2, 0.25) is 5.91 Å². The number of hydrogen-bond acceptors (Lipinski definition) is 2. The standard InChI is InChI=1S/C14H18F2N2O.ClH/c1-9-5-6-17-8-13(9)18-14(19)7-10-11(15)3-2-4-12(10)16;/h2-4,9,13,17H,5-8H2,1H3,(H,18,19);1H. The third kappa shape index (κ3) is 4.15. The van der Waals surface area contributed by atoms with Crippen molar-refractivity contribution < 1.29 is 13.6 Å². The molecule has 1 fully saturated rings. The van der Waals surface area contributed by atoms with Crippen molar-refractivity contribution in [1.29, 1.82) is 0 Å². The molecule has 1 aliphatic heterocycles. The molecule has 2 unspecified atom stereocenters. The minimum Gasteiger partial charge on any atom is -0.352 e. The number of carbonyl (C=O) groups is 1. The molecule has 20 heavy (non-hydrogen) atoms. The zero-order chi connectivity index (χ0) is 13.8. The highest BCUT2D eigenvalue weighted by Crippen LogP contribution is 2.14. The van der Waals surface area contributed by atoms with E-state index in [9.17, 15) is 13.6 Å².